The van der Waals surface area contributed by atoms with E-state index in [4.69, 9.17) is 23.2 Å². The van der Waals surface area contributed by atoms with Gasteiger partial charge in [0.05, 0.1) is 17.3 Å². The van der Waals surface area contributed by atoms with Crippen molar-refractivity contribution in [3.63, 3.8) is 0 Å². The summed E-state index contributed by atoms with van der Waals surface area (Å²) < 4.78 is 13.3. The minimum atomic E-state index is -0.401. The number of aromatic nitrogens is 1. The summed E-state index contributed by atoms with van der Waals surface area (Å²) >= 11 is 13.2. The second-order valence-electron chi connectivity index (χ2n) is 7.39. The molecular formula is C22H21Cl2FN4OS. The van der Waals surface area contributed by atoms with Crippen molar-refractivity contribution in [3.05, 3.63) is 69.3 Å². The maximum Gasteiger partial charge on any atom is 0.240 e. The quantitative estimate of drug-likeness (QED) is 0.540. The molecule has 2 heterocycles. The van der Waals surface area contributed by atoms with Gasteiger partial charge in [0.25, 0.3) is 0 Å². The van der Waals surface area contributed by atoms with Crippen LogP contribution in [-0.2, 0) is 11.3 Å². The molecule has 9 heteroatoms. The fourth-order valence-electron chi connectivity index (χ4n) is 3.45. The molecule has 162 valence electrons. The van der Waals surface area contributed by atoms with E-state index in [0.717, 1.165) is 43.0 Å². The summed E-state index contributed by atoms with van der Waals surface area (Å²) in [7, 11) is 0. The number of piperazine rings is 1. The van der Waals surface area contributed by atoms with Crippen LogP contribution in [0, 0.1) is 5.82 Å². The summed E-state index contributed by atoms with van der Waals surface area (Å²) in [5.41, 5.74) is 2.75. The molecule has 2 aromatic carbocycles. The lowest BCUT2D eigenvalue weighted by atomic mass is 10.2. The van der Waals surface area contributed by atoms with Crippen molar-refractivity contribution in [2.24, 2.45) is 0 Å². The summed E-state index contributed by atoms with van der Waals surface area (Å²) in [6.45, 7) is 4.28. The first kappa shape index (κ1) is 22.2. The first-order valence-corrected chi connectivity index (χ1v) is 11.5. The van der Waals surface area contributed by atoms with E-state index in [0.29, 0.717) is 23.2 Å². The van der Waals surface area contributed by atoms with Crippen molar-refractivity contribution < 1.29 is 9.18 Å². The largest absolute Gasteiger partial charge is 0.301 e. The number of benzene rings is 2. The first-order chi connectivity index (χ1) is 15.0. The van der Waals surface area contributed by atoms with Crippen LogP contribution in [0.3, 0.4) is 0 Å². The Morgan fingerprint density at radius 3 is 2.48 bits per heavy atom. The van der Waals surface area contributed by atoms with Crippen LogP contribution in [0.25, 0.3) is 11.3 Å². The van der Waals surface area contributed by atoms with Crippen LogP contribution in [0.2, 0.25) is 10.0 Å². The highest BCUT2D eigenvalue weighted by atomic mass is 35.5. The monoisotopic (exact) mass is 478 g/mol. The van der Waals surface area contributed by atoms with Gasteiger partial charge >= 0.3 is 0 Å². The molecule has 1 aliphatic rings. The van der Waals surface area contributed by atoms with Crippen LogP contribution >= 0.6 is 34.5 Å². The summed E-state index contributed by atoms with van der Waals surface area (Å²) in [4.78, 5) is 21.3. The zero-order chi connectivity index (χ0) is 21.8. The van der Waals surface area contributed by atoms with Crippen molar-refractivity contribution in [2.75, 3.05) is 38.0 Å². The van der Waals surface area contributed by atoms with E-state index in [9.17, 15) is 9.18 Å². The molecule has 0 atom stereocenters. The molecule has 0 bridgehead atoms. The van der Waals surface area contributed by atoms with Crippen LogP contribution in [0.5, 0.6) is 0 Å². The molecule has 0 spiro atoms. The van der Waals surface area contributed by atoms with Gasteiger partial charge in [-0.3, -0.25) is 14.6 Å². The Morgan fingerprint density at radius 2 is 1.77 bits per heavy atom. The van der Waals surface area contributed by atoms with Crippen molar-refractivity contribution in [1.29, 1.82) is 0 Å². The molecular weight excluding hydrogens is 458 g/mol. The number of carbonyl (C=O) groups is 1. The average molecular weight is 479 g/mol. The lowest BCUT2D eigenvalue weighted by molar-refractivity contribution is -0.117. The maximum atomic E-state index is 13.3. The van der Waals surface area contributed by atoms with Gasteiger partial charge in [-0.15, -0.1) is 11.3 Å². The summed E-state index contributed by atoms with van der Waals surface area (Å²) in [6.07, 6.45) is 0. The summed E-state index contributed by atoms with van der Waals surface area (Å²) in [5, 5.41) is 6.21. The van der Waals surface area contributed by atoms with Crippen LogP contribution in [-0.4, -0.2) is 53.4 Å². The number of nitrogens with one attached hydrogen (secondary N) is 1. The third-order valence-electron chi connectivity index (χ3n) is 5.11. The van der Waals surface area contributed by atoms with Crippen LogP contribution in [0.15, 0.2) is 47.8 Å². The van der Waals surface area contributed by atoms with Crippen molar-refractivity contribution in [3.8, 4) is 11.3 Å². The molecule has 0 unspecified atom stereocenters. The summed E-state index contributed by atoms with van der Waals surface area (Å²) in [5.74, 6) is -0.475. The van der Waals surface area contributed by atoms with E-state index in [1.165, 1.54) is 17.4 Å². The lowest BCUT2D eigenvalue weighted by Crippen LogP contribution is -2.48. The molecule has 5 nitrogen and oxygen atoms in total. The van der Waals surface area contributed by atoms with Gasteiger partial charge in [0, 0.05) is 48.7 Å². The molecule has 1 aliphatic heterocycles. The molecule has 31 heavy (non-hydrogen) atoms. The topological polar surface area (TPSA) is 48.5 Å². The molecule has 1 aromatic heterocycles. The van der Waals surface area contributed by atoms with Gasteiger partial charge in [-0.1, -0.05) is 41.4 Å². The number of amides is 1. The van der Waals surface area contributed by atoms with Crippen LogP contribution < -0.4 is 5.32 Å². The van der Waals surface area contributed by atoms with Gasteiger partial charge in [-0.25, -0.2) is 9.37 Å². The predicted molar refractivity (Wildman–Crippen MR) is 124 cm³/mol. The fourth-order valence-corrected chi connectivity index (χ4v) is 4.51. The Kier molecular flexibility index (Phi) is 7.20. The normalized spacial score (nSPS) is 15.2. The van der Waals surface area contributed by atoms with Crippen molar-refractivity contribution >= 4 is 45.6 Å². The van der Waals surface area contributed by atoms with Gasteiger partial charge in [0.15, 0.2) is 5.13 Å². The predicted octanol–water partition coefficient (Wildman–Crippen LogP) is 5.01. The van der Waals surface area contributed by atoms with E-state index in [1.54, 1.807) is 12.1 Å². The number of thiazole rings is 1. The van der Waals surface area contributed by atoms with Gasteiger partial charge in [-0.2, -0.15) is 0 Å². The Bertz CT molecular complexity index is 1050. The first-order valence-electron chi connectivity index (χ1n) is 9.86. The highest BCUT2D eigenvalue weighted by Crippen LogP contribution is 2.26. The van der Waals surface area contributed by atoms with Crippen molar-refractivity contribution in [1.82, 2.24) is 14.8 Å². The number of anilines is 1. The van der Waals surface area contributed by atoms with Crippen LogP contribution in [0.4, 0.5) is 9.52 Å². The standard InChI is InChI=1S/C22H21Cl2FN4OS/c23-17-4-2-16(3-5-17)20-14-31-22(26-20)27-21(30)13-29-9-7-28(8-10-29)12-15-1-6-19(25)18(24)11-15/h1-6,11,14H,7-10,12-13H2,(H,26,27,30). The number of hydrogen-bond acceptors (Lipinski definition) is 5. The third kappa shape index (κ3) is 6.02. The van der Waals surface area contributed by atoms with E-state index in [1.807, 2.05) is 29.6 Å². The van der Waals surface area contributed by atoms with Gasteiger partial charge in [0.1, 0.15) is 5.82 Å². The maximum absolute atomic E-state index is 13.3. The SMILES string of the molecule is O=C(CN1CCN(Cc2ccc(F)c(Cl)c2)CC1)Nc1nc(-c2ccc(Cl)cc2)cs1. The molecule has 1 N–H and O–H groups in total. The zero-order valence-electron chi connectivity index (χ0n) is 16.7. The lowest BCUT2D eigenvalue weighted by Gasteiger charge is -2.34. The van der Waals surface area contributed by atoms with Crippen molar-refractivity contribution in [2.45, 2.75) is 6.54 Å². The molecule has 1 saturated heterocycles. The van der Waals surface area contributed by atoms with Gasteiger partial charge in [0.2, 0.25) is 5.91 Å². The minimum Gasteiger partial charge on any atom is -0.301 e. The Balaban J connectivity index is 1.24. The molecule has 0 aliphatic carbocycles. The Morgan fingerprint density at radius 1 is 1.06 bits per heavy atom. The molecule has 1 fully saturated rings. The van der Waals surface area contributed by atoms with Gasteiger partial charge < -0.3 is 5.32 Å². The second-order valence-corrected chi connectivity index (χ2v) is 9.10. The highest BCUT2D eigenvalue weighted by Gasteiger charge is 2.20. The molecule has 3 aromatic rings. The smallest absolute Gasteiger partial charge is 0.240 e. The zero-order valence-corrected chi connectivity index (χ0v) is 19.0. The van der Waals surface area contributed by atoms with E-state index < -0.39 is 5.82 Å². The Labute approximate surface area is 194 Å². The third-order valence-corrected chi connectivity index (χ3v) is 6.41. The average Bonchev–Trinajstić information content (AvgIpc) is 3.21. The number of nitrogens with zero attached hydrogens (tertiary/aromatic N) is 3. The number of carbonyl (C=O) groups excluding carboxylic acids is 1. The van der Waals surface area contributed by atoms with Crippen LogP contribution in [0.1, 0.15) is 5.56 Å². The van der Waals surface area contributed by atoms with E-state index in [-0.39, 0.29) is 10.9 Å². The Hall–Kier alpha value is -2.03. The minimum absolute atomic E-state index is 0.0734. The number of rotatable bonds is 6. The van der Waals surface area contributed by atoms with Gasteiger partial charge in [-0.05, 0) is 29.8 Å². The fraction of sp³-hybridized carbons (Fsp3) is 0.273. The second kappa shape index (κ2) is 10.1. The van der Waals surface area contributed by atoms with E-state index >= 15 is 0 Å². The molecule has 4 rings (SSSR count). The number of hydrogen-bond donors (Lipinski definition) is 1. The molecule has 0 radical (unpaired) electrons. The number of halogens is 3. The molecule has 0 saturated carbocycles. The molecule has 1 amide bonds. The highest BCUT2D eigenvalue weighted by molar-refractivity contribution is 7.14. The summed E-state index contributed by atoms with van der Waals surface area (Å²) in [6, 6.07) is 12.3. The van der Waals surface area contributed by atoms with E-state index in [2.05, 4.69) is 20.1 Å².